The van der Waals surface area contributed by atoms with Gasteiger partial charge in [0.25, 0.3) is 0 Å². The highest BCUT2D eigenvalue weighted by molar-refractivity contribution is 5.49. The lowest BCUT2D eigenvalue weighted by Crippen LogP contribution is -2.23. The third-order valence-electron chi connectivity index (χ3n) is 1.38. The van der Waals surface area contributed by atoms with Crippen molar-refractivity contribution in [3.05, 3.63) is 23.9 Å². The minimum Gasteiger partial charge on any atom is -0.269 e. The molecule has 14 heavy (non-hydrogen) atoms. The Hall–Kier alpha value is -1.60. The Bertz CT molecular complexity index is 349. The van der Waals surface area contributed by atoms with Gasteiger partial charge in [0.15, 0.2) is 5.82 Å². The van der Waals surface area contributed by atoms with Gasteiger partial charge in [0, 0.05) is 6.20 Å². The van der Waals surface area contributed by atoms with Gasteiger partial charge in [-0.25, -0.2) is 10.5 Å². The summed E-state index contributed by atoms with van der Waals surface area (Å²) < 4.78 is 0. The van der Waals surface area contributed by atoms with E-state index in [4.69, 9.17) is 10.1 Å². The summed E-state index contributed by atoms with van der Waals surface area (Å²) in [7, 11) is 0. The second kappa shape index (κ2) is 4.07. The largest absolute Gasteiger partial charge is 0.269 e. The molecule has 0 aliphatic rings. The van der Waals surface area contributed by atoms with Gasteiger partial charge < -0.3 is 0 Å². The molecule has 0 radical (unpaired) electrons. The number of nitrogens with one attached hydrogen (secondary N) is 1. The van der Waals surface area contributed by atoms with Crippen molar-refractivity contribution in [2.75, 3.05) is 5.48 Å². The zero-order chi connectivity index (χ0) is 10.6. The predicted octanol–water partition coefficient (Wildman–Crippen LogP) is 2.10. The van der Waals surface area contributed by atoms with Crippen LogP contribution in [-0.4, -0.2) is 10.6 Å². The summed E-state index contributed by atoms with van der Waals surface area (Å²) in [5.41, 5.74) is 2.82. The second-order valence-electron chi connectivity index (χ2n) is 3.83. The number of anilines is 1. The first-order chi connectivity index (χ1) is 6.53. The summed E-state index contributed by atoms with van der Waals surface area (Å²) in [6, 6.07) is 5.42. The van der Waals surface area contributed by atoms with E-state index in [9.17, 15) is 0 Å². The minimum atomic E-state index is -0.315. The van der Waals surface area contributed by atoms with Crippen molar-refractivity contribution in [3.8, 4) is 6.07 Å². The van der Waals surface area contributed by atoms with E-state index in [1.807, 2.05) is 26.8 Å². The number of hydrogen-bond acceptors (Lipinski definition) is 4. The molecule has 0 fully saturated rings. The third kappa shape index (κ3) is 3.04. The average Bonchev–Trinajstić information content (AvgIpc) is 2.14. The van der Waals surface area contributed by atoms with Crippen LogP contribution in [0.1, 0.15) is 26.3 Å². The Morgan fingerprint density at radius 2 is 2.21 bits per heavy atom. The number of aromatic nitrogens is 1. The van der Waals surface area contributed by atoms with E-state index in [1.165, 1.54) is 0 Å². The molecule has 0 aliphatic carbocycles. The maximum atomic E-state index is 8.76. The lowest BCUT2D eigenvalue weighted by atomic mass is 10.2. The quantitative estimate of drug-likeness (QED) is 0.727. The van der Waals surface area contributed by atoms with Crippen LogP contribution >= 0.6 is 0 Å². The second-order valence-corrected chi connectivity index (χ2v) is 3.83. The maximum Gasteiger partial charge on any atom is 0.167 e. The summed E-state index contributed by atoms with van der Waals surface area (Å²) in [6.45, 7) is 5.74. The van der Waals surface area contributed by atoms with Gasteiger partial charge in [-0.1, -0.05) is 0 Å². The van der Waals surface area contributed by atoms with Crippen LogP contribution in [0.2, 0.25) is 0 Å². The van der Waals surface area contributed by atoms with Gasteiger partial charge in [-0.3, -0.25) is 4.84 Å². The number of pyridine rings is 1. The summed E-state index contributed by atoms with van der Waals surface area (Å²) in [6.07, 6.45) is 1.61. The molecule has 4 nitrogen and oxygen atoms in total. The van der Waals surface area contributed by atoms with Gasteiger partial charge in [-0.2, -0.15) is 5.26 Å². The van der Waals surface area contributed by atoms with E-state index in [-0.39, 0.29) is 5.60 Å². The van der Waals surface area contributed by atoms with Gasteiger partial charge in [0.2, 0.25) is 0 Å². The molecule has 0 amide bonds. The van der Waals surface area contributed by atoms with E-state index >= 15 is 0 Å². The first-order valence-corrected chi connectivity index (χ1v) is 4.32. The van der Waals surface area contributed by atoms with Crippen molar-refractivity contribution in [2.45, 2.75) is 26.4 Å². The third-order valence-corrected chi connectivity index (χ3v) is 1.38. The molecule has 0 aliphatic heterocycles. The van der Waals surface area contributed by atoms with E-state index in [2.05, 4.69) is 10.5 Å². The van der Waals surface area contributed by atoms with Crippen molar-refractivity contribution in [1.82, 2.24) is 4.98 Å². The van der Waals surface area contributed by atoms with Crippen LogP contribution in [0.15, 0.2) is 18.3 Å². The summed E-state index contributed by atoms with van der Waals surface area (Å²) >= 11 is 0. The molecule has 1 aromatic heterocycles. The Morgan fingerprint density at radius 3 is 2.79 bits per heavy atom. The number of rotatable bonds is 2. The number of hydrogen-bond donors (Lipinski definition) is 1. The Balaban J connectivity index is 2.73. The highest BCUT2D eigenvalue weighted by Gasteiger charge is 2.12. The van der Waals surface area contributed by atoms with Crippen LogP contribution in [0, 0.1) is 11.3 Å². The Labute approximate surface area is 83.5 Å². The van der Waals surface area contributed by atoms with Crippen molar-refractivity contribution in [2.24, 2.45) is 0 Å². The zero-order valence-corrected chi connectivity index (χ0v) is 8.53. The first kappa shape index (κ1) is 10.5. The fraction of sp³-hybridized carbons (Fsp3) is 0.400. The Morgan fingerprint density at radius 1 is 1.50 bits per heavy atom. The highest BCUT2D eigenvalue weighted by atomic mass is 16.7. The molecule has 1 aromatic rings. The molecule has 0 aromatic carbocycles. The van der Waals surface area contributed by atoms with Crippen molar-refractivity contribution >= 4 is 5.82 Å². The molecule has 4 heteroatoms. The van der Waals surface area contributed by atoms with Crippen molar-refractivity contribution in [1.29, 1.82) is 5.26 Å². The van der Waals surface area contributed by atoms with Gasteiger partial charge in [0.05, 0.1) is 11.2 Å². The maximum absolute atomic E-state index is 8.76. The number of nitrogens with zero attached hydrogens (tertiary/aromatic N) is 2. The zero-order valence-electron chi connectivity index (χ0n) is 8.53. The molecule has 0 saturated heterocycles. The van der Waals surface area contributed by atoms with Crippen LogP contribution in [0.5, 0.6) is 0 Å². The molecule has 1 rings (SSSR count). The van der Waals surface area contributed by atoms with Crippen LogP contribution in [0.3, 0.4) is 0 Å². The van der Waals surface area contributed by atoms with Gasteiger partial charge in [-0.05, 0) is 32.9 Å². The van der Waals surface area contributed by atoms with Crippen LogP contribution < -0.4 is 5.48 Å². The van der Waals surface area contributed by atoms with Crippen LogP contribution in [0.25, 0.3) is 0 Å². The fourth-order valence-corrected chi connectivity index (χ4v) is 0.778. The summed E-state index contributed by atoms with van der Waals surface area (Å²) in [4.78, 5) is 9.29. The van der Waals surface area contributed by atoms with Gasteiger partial charge >= 0.3 is 0 Å². The van der Waals surface area contributed by atoms with Crippen molar-refractivity contribution in [3.63, 3.8) is 0 Å². The highest BCUT2D eigenvalue weighted by Crippen LogP contribution is 2.13. The molecule has 0 atom stereocenters. The summed E-state index contributed by atoms with van der Waals surface area (Å²) in [5, 5.41) is 8.76. The van der Waals surface area contributed by atoms with Crippen molar-refractivity contribution < 1.29 is 4.84 Å². The first-order valence-electron chi connectivity index (χ1n) is 4.32. The van der Waals surface area contributed by atoms with Gasteiger partial charge in [-0.15, -0.1) is 0 Å². The molecule has 0 unspecified atom stereocenters. The van der Waals surface area contributed by atoms with E-state index in [0.717, 1.165) is 0 Å². The van der Waals surface area contributed by atoms with Crippen LogP contribution in [0.4, 0.5) is 5.82 Å². The SMILES string of the molecule is CC(C)(C)ONc1ncccc1C#N. The molecule has 1 heterocycles. The number of nitriles is 1. The normalized spacial score (nSPS) is 10.7. The minimum absolute atomic E-state index is 0.315. The topological polar surface area (TPSA) is 57.9 Å². The smallest absolute Gasteiger partial charge is 0.167 e. The molecule has 0 spiro atoms. The molecule has 74 valence electrons. The lowest BCUT2D eigenvalue weighted by Gasteiger charge is -2.19. The van der Waals surface area contributed by atoms with E-state index in [1.54, 1.807) is 18.3 Å². The lowest BCUT2D eigenvalue weighted by molar-refractivity contribution is 0.0366. The fourth-order valence-electron chi connectivity index (χ4n) is 0.778. The monoisotopic (exact) mass is 191 g/mol. The summed E-state index contributed by atoms with van der Waals surface area (Å²) in [5.74, 6) is 0.449. The van der Waals surface area contributed by atoms with Crippen LogP contribution in [-0.2, 0) is 4.84 Å². The van der Waals surface area contributed by atoms with Gasteiger partial charge in [0.1, 0.15) is 6.07 Å². The molecule has 1 N–H and O–H groups in total. The molecular weight excluding hydrogens is 178 g/mol. The Kier molecular flexibility index (Phi) is 3.05. The standard InChI is InChI=1S/C10H13N3O/c1-10(2,3)14-13-9-8(7-11)5-4-6-12-9/h4-6H,1-3H3,(H,12,13). The average molecular weight is 191 g/mol. The molecule has 0 saturated carbocycles. The molecular formula is C10H13N3O. The predicted molar refractivity (Wildman–Crippen MR) is 53.4 cm³/mol. The van der Waals surface area contributed by atoms with E-state index in [0.29, 0.717) is 11.4 Å². The van der Waals surface area contributed by atoms with E-state index < -0.39 is 0 Å². The molecule has 0 bridgehead atoms.